The minimum absolute atomic E-state index is 0.0585. The lowest BCUT2D eigenvalue weighted by Crippen LogP contribution is -2.52. The summed E-state index contributed by atoms with van der Waals surface area (Å²) in [4.78, 5) is 15.6. The Balaban J connectivity index is 1.39. The molecule has 158 valence electrons. The van der Waals surface area contributed by atoms with Crippen LogP contribution >= 0.6 is 0 Å². The number of rotatable bonds is 5. The minimum Gasteiger partial charge on any atom is -0.372 e. The van der Waals surface area contributed by atoms with Crippen molar-refractivity contribution >= 4 is 23.3 Å². The topological polar surface area (TPSA) is 122 Å². The first-order valence-corrected chi connectivity index (χ1v) is 10.3. The van der Waals surface area contributed by atoms with Gasteiger partial charge in [0.2, 0.25) is 5.95 Å². The van der Waals surface area contributed by atoms with Crippen molar-refractivity contribution in [1.82, 2.24) is 15.0 Å². The number of pyridine rings is 1. The Bertz CT molecular complexity index is 949. The van der Waals surface area contributed by atoms with Gasteiger partial charge in [0.15, 0.2) is 5.82 Å². The molecule has 1 saturated carbocycles. The van der Waals surface area contributed by atoms with Crippen molar-refractivity contribution in [3.8, 4) is 6.07 Å². The highest BCUT2D eigenvalue weighted by molar-refractivity contribution is 5.72. The molecule has 0 saturated heterocycles. The number of nitrogens with zero attached hydrogens (tertiary/aromatic N) is 5. The summed E-state index contributed by atoms with van der Waals surface area (Å²) in [5, 5.41) is 29.3. The van der Waals surface area contributed by atoms with Gasteiger partial charge >= 0.3 is 0 Å². The molecule has 9 nitrogen and oxygen atoms in total. The standard InChI is InChI=1S/C21H28N8O/c1-11(2)18-20(30)27-17-12(3)24-21(28-19(17)29(18)4)26-15-7-14(8-15)25-16-6-5-13(9-22)10-23-16/h5-6,10-11,14-15,18,20,27,30H,7-8H2,1-4H3,(H,23,25)(H,24,26,28)/t14?,15?,18-,20?/m0/s1. The Labute approximate surface area is 176 Å². The quantitative estimate of drug-likeness (QED) is 0.590. The minimum atomic E-state index is -0.655. The second-order valence-corrected chi connectivity index (χ2v) is 8.46. The van der Waals surface area contributed by atoms with Crippen LogP contribution in [0.5, 0.6) is 0 Å². The highest BCUT2D eigenvalue weighted by Crippen LogP contribution is 2.36. The van der Waals surface area contributed by atoms with Crippen LogP contribution in [-0.2, 0) is 0 Å². The molecular formula is C21H28N8O. The maximum Gasteiger partial charge on any atom is 0.225 e. The number of nitriles is 1. The molecule has 0 bridgehead atoms. The van der Waals surface area contributed by atoms with Gasteiger partial charge in [-0.2, -0.15) is 10.2 Å². The maximum absolute atomic E-state index is 10.5. The molecule has 0 amide bonds. The lowest BCUT2D eigenvalue weighted by Gasteiger charge is -2.42. The molecule has 1 aliphatic carbocycles. The van der Waals surface area contributed by atoms with E-state index in [2.05, 4.69) is 45.8 Å². The van der Waals surface area contributed by atoms with Gasteiger partial charge in [-0.15, -0.1) is 0 Å². The largest absolute Gasteiger partial charge is 0.372 e. The molecule has 0 aromatic carbocycles. The van der Waals surface area contributed by atoms with Crippen molar-refractivity contribution in [3.63, 3.8) is 0 Å². The number of aromatic nitrogens is 3. The SMILES string of the molecule is Cc1nc(NC2CC(Nc3ccc(C#N)cn3)C2)nc2c1NC(O)[C@H](C(C)C)N2C. The molecule has 2 aliphatic rings. The molecule has 4 N–H and O–H groups in total. The fourth-order valence-electron chi connectivity index (χ4n) is 4.24. The monoisotopic (exact) mass is 408 g/mol. The Kier molecular flexibility index (Phi) is 5.35. The first kappa shape index (κ1) is 20.2. The summed E-state index contributed by atoms with van der Waals surface area (Å²) in [5.74, 6) is 2.47. The van der Waals surface area contributed by atoms with E-state index in [9.17, 15) is 5.11 Å². The number of aliphatic hydroxyl groups is 1. The average Bonchev–Trinajstić information content (AvgIpc) is 2.67. The third-order valence-corrected chi connectivity index (χ3v) is 5.87. The lowest BCUT2D eigenvalue weighted by molar-refractivity contribution is 0.142. The van der Waals surface area contributed by atoms with Gasteiger partial charge in [-0.1, -0.05) is 13.8 Å². The average molecular weight is 409 g/mol. The van der Waals surface area contributed by atoms with Gasteiger partial charge in [0.1, 0.15) is 23.8 Å². The molecule has 3 heterocycles. The van der Waals surface area contributed by atoms with Gasteiger partial charge in [-0.3, -0.25) is 0 Å². The molecule has 0 radical (unpaired) electrons. The smallest absolute Gasteiger partial charge is 0.225 e. The van der Waals surface area contributed by atoms with Gasteiger partial charge in [0.05, 0.1) is 17.3 Å². The van der Waals surface area contributed by atoms with Crippen molar-refractivity contribution in [2.24, 2.45) is 5.92 Å². The van der Waals surface area contributed by atoms with Gasteiger partial charge in [0, 0.05) is 25.3 Å². The number of fused-ring (bicyclic) bond motifs is 1. The number of aryl methyl sites for hydroxylation is 1. The van der Waals surface area contributed by atoms with Crippen molar-refractivity contribution in [2.75, 3.05) is 27.9 Å². The number of hydrogen-bond acceptors (Lipinski definition) is 9. The second kappa shape index (κ2) is 7.95. The molecule has 9 heteroatoms. The summed E-state index contributed by atoms with van der Waals surface area (Å²) in [6.07, 6.45) is 2.79. The van der Waals surface area contributed by atoms with E-state index in [1.807, 2.05) is 24.9 Å². The first-order valence-electron chi connectivity index (χ1n) is 10.3. The van der Waals surface area contributed by atoms with Gasteiger partial charge in [-0.25, -0.2) is 9.97 Å². The predicted molar refractivity (Wildman–Crippen MR) is 116 cm³/mol. The predicted octanol–water partition coefficient (Wildman–Crippen LogP) is 2.31. The van der Waals surface area contributed by atoms with Crippen LogP contribution in [0, 0.1) is 24.2 Å². The van der Waals surface area contributed by atoms with Gasteiger partial charge in [0.25, 0.3) is 0 Å². The zero-order chi connectivity index (χ0) is 21.4. The van der Waals surface area contributed by atoms with Gasteiger partial charge in [-0.05, 0) is 37.8 Å². The highest BCUT2D eigenvalue weighted by atomic mass is 16.3. The van der Waals surface area contributed by atoms with Crippen LogP contribution in [0.15, 0.2) is 18.3 Å². The number of hydrogen-bond donors (Lipinski definition) is 4. The number of anilines is 4. The molecule has 1 unspecified atom stereocenters. The van der Waals surface area contributed by atoms with E-state index >= 15 is 0 Å². The molecule has 1 aliphatic heterocycles. The van der Waals surface area contributed by atoms with E-state index in [0.717, 1.165) is 35.9 Å². The van der Waals surface area contributed by atoms with Crippen LogP contribution in [0.1, 0.15) is 37.9 Å². The first-order chi connectivity index (χ1) is 14.4. The fraction of sp³-hybridized carbons (Fsp3) is 0.524. The Hall–Kier alpha value is -3.12. The van der Waals surface area contributed by atoms with E-state index in [1.165, 1.54) is 0 Å². The second-order valence-electron chi connectivity index (χ2n) is 8.46. The zero-order valence-corrected chi connectivity index (χ0v) is 17.7. The van der Waals surface area contributed by atoms with Crippen LogP contribution in [0.25, 0.3) is 0 Å². The summed E-state index contributed by atoms with van der Waals surface area (Å²) in [6, 6.07) is 6.22. The molecule has 2 aromatic rings. The fourth-order valence-corrected chi connectivity index (χ4v) is 4.24. The van der Waals surface area contributed by atoms with E-state index in [-0.39, 0.29) is 18.0 Å². The van der Waals surface area contributed by atoms with Crippen LogP contribution in [-0.4, -0.2) is 51.5 Å². The van der Waals surface area contributed by atoms with E-state index in [0.29, 0.717) is 17.6 Å². The van der Waals surface area contributed by atoms with Crippen molar-refractivity contribution in [3.05, 3.63) is 29.6 Å². The summed E-state index contributed by atoms with van der Waals surface area (Å²) in [7, 11) is 1.97. The Morgan fingerprint density at radius 1 is 1.23 bits per heavy atom. The van der Waals surface area contributed by atoms with Crippen molar-refractivity contribution < 1.29 is 5.11 Å². The molecule has 1 fully saturated rings. The van der Waals surface area contributed by atoms with Crippen LogP contribution in [0.2, 0.25) is 0 Å². The molecule has 30 heavy (non-hydrogen) atoms. The van der Waals surface area contributed by atoms with E-state index in [4.69, 9.17) is 10.2 Å². The van der Waals surface area contributed by atoms with Gasteiger partial charge < -0.3 is 26.0 Å². The molecular weight excluding hydrogens is 380 g/mol. The maximum atomic E-state index is 10.5. The summed E-state index contributed by atoms with van der Waals surface area (Å²) in [6.45, 7) is 6.11. The third kappa shape index (κ3) is 3.83. The zero-order valence-electron chi connectivity index (χ0n) is 17.7. The van der Waals surface area contributed by atoms with Crippen LogP contribution in [0.4, 0.5) is 23.3 Å². The van der Waals surface area contributed by atoms with Crippen molar-refractivity contribution in [1.29, 1.82) is 5.26 Å². The van der Waals surface area contributed by atoms with Crippen LogP contribution < -0.4 is 20.9 Å². The number of likely N-dealkylation sites (N-methyl/N-ethyl adjacent to an activating group) is 1. The van der Waals surface area contributed by atoms with E-state index in [1.54, 1.807) is 12.3 Å². The molecule has 2 aromatic heterocycles. The molecule has 2 atom stereocenters. The summed E-state index contributed by atoms with van der Waals surface area (Å²) >= 11 is 0. The molecule has 0 spiro atoms. The number of nitrogens with one attached hydrogen (secondary N) is 3. The molecule has 4 rings (SSSR count). The highest BCUT2D eigenvalue weighted by Gasteiger charge is 2.36. The summed E-state index contributed by atoms with van der Waals surface area (Å²) in [5.41, 5.74) is 2.15. The Morgan fingerprint density at radius 3 is 2.60 bits per heavy atom. The Morgan fingerprint density at radius 2 is 1.97 bits per heavy atom. The third-order valence-electron chi connectivity index (χ3n) is 5.87. The normalized spacial score (nSPS) is 25.0. The van der Waals surface area contributed by atoms with Crippen LogP contribution in [0.3, 0.4) is 0 Å². The summed E-state index contributed by atoms with van der Waals surface area (Å²) < 4.78 is 0. The lowest BCUT2D eigenvalue weighted by atomic mass is 9.87. The number of aliphatic hydroxyl groups excluding tert-OH is 1. The van der Waals surface area contributed by atoms with Crippen molar-refractivity contribution in [2.45, 2.75) is 58.0 Å². The van der Waals surface area contributed by atoms with E-state index < -0.39 is 6.23 Å².